The summed E-state index contributed by atoms with van der Waals surface area (Å²) in [5, 5.41) is 10.9. The van der Waals surface area contributed by atoms with Crippen molar-refractivity contribution in [3.63, 3.8) is 0 Å². The van der Waals surface area contributed by atoms with Crippen LogP contribution in [0.25, 0.3) is 0 Å². The molecule has 2 N–H and O–H groups in total. The zero-order chi connectivity index (χ0) is 15.1. The number of hydrogen-bond acceptors (Lipinski definition) is 5. The fraction of sp³-hybridized carbons (Fsp3) is 0.444. The van der Waals surface area contributed by atoms with Crippen LogP contribution >= 0.6 is 23.4 Å². The van der Waals surface area contributed by atoms with E-state index < -0.39 is 12.0 Å². The molecule has 0 radical (unpaired) electrons. The maximum Gasteiger partial charge on any atom is 0.453 e. The molecule has 0 aromatic carbocycles. The normalized spacial score (nSPS) is 12.1. The van der Waals surface area contributed by atoms with Gasteiger partial charge in [0.25, 0.3) is 5.82 Å². The minimum absolute atomic E-state index is 0.0448. The molecule has 0 bridgehead atoms. The van der Waals surface area contributed by atoms with E-state index in [1.54, 1.807) is 14.0 Å². The van der Waals surface area contributed by atoms with Crippen molar-refractivity contribution in [3.8, 4) is 0 Å². The van der Waals surface area contributed by atoms with Crippen LogP contribution in [0.3, 0.4) is 0 Å². The minimum atomic E-state index is -4.64. The number of nitrogen functional groups attached to an aromatic ring is 1. The van der Waals surface area contributed by atoms with Crippen molar-refractivity contribution in [2.24, 2.45) is 7.05 Å². The molecule has 0 amide bonds. The monoisotopic (exact) mass is 326 g/mol. The van der Waals surface area contributed by atoms with Crippen molar-refractivity contribution >= 4 is 23.4 Å². The fourth-order valence-electron chi connectivity index (χ4n) is 1.54. The summed E-state index contributed by atoms with van der Waals surface area (Å²) in [5.74, 6) is 4.39. The lowest BCUT2D eigenvalue weighted by molar-refractivity contribution is -0.146. The molecule has 2 aromatic heterocycles. The molecule has 20 heavy (non-hydrogen) atoms. The van der Waals surface area contributed by atoms with Crippen LogP contribution in [-0.2, 0) is 19.0 Å². The van der Waals surface area contributed by atoms with Gasteiger partial charge in [-0.15, -0.1) is 10.2 Å². The van der Waals surface area contributed by atoms with Crippen molar-refractivity contribution in [1.29, 1.82) is 0 Å². The highest BCUT2D eigenvalue weighted by Crippen LogP contribution is 2.31. The molecule has 0 fully saturated rings. The van der Waals surface area contributed by atoms with E-state index in [1.807, 2.05) is 0 Å². The first-order chi connectivity index (χ1) is 9.21. The third-order valence-electron chi connectivity index (χ3n) is 2.53. The highest BCUT2D eigenvalue weighted by atomic mass is 35.5. The van der Waals surface area contributed by atoms with E-state index in [9.17, 15) is 13.2 Å². The van der Waals surface area contributed by atoms with Crippen LogP contribution in [0.5, 0.6) is 0 Å². The highest BCUT2D eigenvalue weighted by molar-refractivity contribution is 7.98. The summed E-state index contributed by atoms with van der Waals surface area (Å²) in [7, 11) is 1.68. The number of alkyl halides is 3. The molecule has 0 aliphatic heterocycles. The van der Waals surface area contributed by atoms with E-state index in [0.29, 0.717) is 21.3 Å². The van der Waals surface area contributed by atoms with E-state index in [2.05, 4.69) is 15.3 Å². The van der Waals surface area contributed by atoms with Crippen molar-refractivity contribution in [3.05, 3.63) is 22.2 Å². The van der Waals surface area contributed by atoms with Crippen molar-refractivity contribution in [2.75, 3.05) is 5.84 Å². The van der Waals surface area contributed by atoms with Gasteiger partial charge in [0, 0.05) is 18.4 Å². The molecular weight excluding hydrogens is 317 g/mol. The minimum Gasteiger partial charge on any atom is -0.335 e. The van der Waals surface area contributed by atoms with Crippen LogP contribution in [0.15, 0.2) is 5.16 Å². The predicted octanol–water partition coefficient (Wildman–Crippen LogP) is 2.00. The van der Waals surface area contributed by atoms with Gasteiger partial charge in [-0.3, -0.25) is 4.68 Å². The molecule has 2 heterocycles. The average Bonchev–Trinajstić information content (AvgIpc) is 2.80. The van der Waals surface area contributed by atoms with Gasteiger partial charge in [-0.05, 0) is 6.92 Å². The largest absolute Gasteiger partial charge is 0.453 e. The average molecular weight is 327 g/mol. The Morgan fingerprint density at radius 2 is 2.00 bits per heavy atom. The Bertz CT molecular complexity index is 634. The van der Waals surface area contributed by atoms with Crippen LogP contribution in [0.2, 0.25) is 5.15 Å². The van der Waals surface area contributed by atoms with E-state index in [4.69, 9.17) is 17.4 Å². The van der Waals surface area contributed by atoms with E-state index in [0.717, 1.165) is 17.3 Å². The number of nitrogens with two attached hydrogens (primary N) is 1. The SMILES string of the molecule is Cc1nn(C)c(Cl)c1CSc1nnc(C(F)(F)F)n1N. The van der Waals surface area contributed by atoms with Gasteiger partial charge in [-0.1, -0.05) is 23.4 Å². The number of rotatable bonds is 3. The van der Waals surface area contributed by atoms with Crippen LogP contribution in [0, 0.1) is 6.92 Å². The van der Waals surface area contributed by atoms with Crippen LogP contribution in [0.4, 0.5) is 13.2 Å². The first-order valence-electron chi connectivity index (χ1n) is 5.30. The molecule has 6 nitrogen and oxygen atoms in total. The first kappa shape index (κ1) is 15.0. The zero-order valence-corrected chi connectivity index (χ0v) is 12.0. The van der Waals surface area contributed by atoms with E-state index in [1.165, 1.54) is 4.68 Å². The molecule has 2 aromatic rings. The van der Waals surface area contributed by atoms with Crippen LogP contribution in [0.1, 0.15) is 17.1 Å². The van der Waals surface area contributed by atoms with Gasteiger partial charge in [0.05, 0.1) is 5.69 Å². The van der Waals surface area contributed by atoms with Crippen LogP contribution < -0.4 is 5.84 Å². The summed E-state index contributed by atoms with van der Waals surface area (Å²) < 4.78 is 39.4. The Hall–Kier alpha value is -1.42. The maximum absolute atomic E-state index is 12.5. The second kappa shape index (κ2) is 5.17. The summed E-state index contributed by atoms with van der Waals surface area (Å²) in [5.41, 5.74) is 1.42. The quantitative estimate of drug-likeness (QED) is 0.689. The maximum atomic E-state index is 12.5. The molecule has 0 spiro atoms. The third kappa shape index (κ3) is 2.70. The Morgan fingerprint density at radius 1 is 1.35 bits per heavy atom. The summed E-state index contributed by atoms with van der Waals surface area (Å²) >= 11 is 7.04. The molecule has 2 rings (SSSR count). The molecule has 0 saturated carbocycles. The van der Waals surface area contributed by atoms with Gasteiger partial charge in [0.1, 0.15) is 5.15 Å². The Labute approximate surface area is 121 Å². The number of hydrogen-bond donors (Lipinski definition) is 1. The van der Waals surface area contributed by atoms with Gasteiger partial charge >= 0.3 is 6.18 Å². The lowest BCUT2D eigenvalue weighted by atomic mass is 10.3. The molecular formula is C9H10ClF3N6S. The summed E-state index contributed by atoms with van der Waals surface area (Å²) in [6, 6.07) is 0. The first-order valence-corrected chi connectivity index (χ1v) is 6.66. The zero-order valence-electron chi connectivity index (χ0n) is 10.4. The predicted molar refractivity (Wildman–Crippen MR) is 67.7 cm³/mol. The lowest BCUT2D eigenvalue weighted by Crippen LogP contribution is -2.21. The number of thioether (sulfide) groups is 1. The van der Waals surface area contributed by atoms with Gasteiger partial charge in [0.2, 0.25) is 5.16 Å². The summed E-state index contributed by atoms with van der Waals surface area (Å²) in [4.78, 5) is 0. The standard InChI is InChI=1S/C9H10ClF3N6S/c1-4-5(6(10)18(2)17-4)3-20-8-16-15-7(19(8)14)9(11,12)13/h3,14H2,1-2H3. The van der Waals surface area contributed by atoms with E-state index in [-0.39, 0.29) is 5.16 Å². The number of nitrogens with zero attached hydrogens (tertiary/aromatic N) is 5. The van der Waals surface area contributed by atoms with Crippen molar-refractivity contribution in [2.45, 2.75) is 24.0 Å². The topological polar surface area (TPSA) is 74.5 Å². The molecule has 0 atom stereocenters. The van der Waals surface area contributed by atoms with Gasteiger partial charge in [-0.25, -0.2) is 4.68 Å². The number of halogens is 4. The Balaban J connectivity index is 2.18. The molecule has 11 heteroatoms. The second-order valence-corrected chi connectivity index (χ2v) is 5.24. The number of aromatic nitrogens is 5. The lowest BCUT2D eigenvalue weighted by Gasteiger charge is -2.06. The fourth-order valence-corrected chi connectivity index (χ4v) is 2.81. The molecule has 0 aliphatic carbocycles. The van der Waals surface area contributed by atoms with Crippen molar-refractivity contribution < 1.29 is 13.2 Å². The number of aryl methyl sites for hydroxylation is 2. The van der Waals surface area contributed by atoms with Gasteiger partial charge < -0.3 is 5.84 Å². The molecule has 0 unspecified atom stereocenters. The molecule has 0 aliphatic rings. The summed E-state index contributed by atoms with van der Waals surface area (Å²) in [6.45, 7) is 1.76. The highest BCUT2D eigenvalue weighted by Gasteiger charge is 2.38. The van der Waals surface area contributed by atoms with Gasteiger partial charge in [-0.2, -0.15) is 18.3 Å². The molecule has 110 valence electrons. The van der Waals surface area contributed by atoms with Crippen LogP contribution in [-0.4, -0.2) is 24.7 Å². The smallest absolute Gasteiger partial charge is 0.335 e. The second-order valence-electron chi connectivity index (χ2n) is 3.94. The van der Waals surface area contributed by atoms with Gasteiger partial charge in [0.15, 0.2) is 0 Å². The Kier molecular flexibility index (Phi) is 3.87. The molecule has 0 saturated heterocycles. The summed E-state index contributed by atoms with van der Waals surface area (Å²) in [6.07, 6.45) is -4.64. The van der Waals surface area contributed by atoms with E-state index >= 15 is 0 Å². The van der Waals surface area contributed by atoms with Crippen molar-refractivity contribution in [1.82, 2.24) is 24.7 Å². The Morgan fingerprint density at radius 3 is 2.45 bits per heavy atom. The third-order valence-corrected chi connectivity index (χ3v) is 3.98.